The lowest BCUT2D eigenvalue weighted by Crippen LogP contribution is -2.02. The van der Waals surface area contributed by atoms with Gasteiger partial charge in [-0.25, -0.2) is 0 Å². The molecule has 3 heteroatoms. The molecule has 13 heavy (non-hydrogen) atoms. The van der Waals surface area contributed by atoms with Gasteiger partial charge in [0.25, 0.3) is 0 Å². The van der Waals surface area contributed by atoms with Gasteiger partial charge in [-0.3, -0.25) is 0 Å². The molecule has 0 amide bonds. The molecule has 0 aromatic carbocycles. The summed E-state index contributed by atoms with van der Waals surface area (Å²) in [5, 5.41) is 0. The molecule has 0 spiro atoms. The zero-order chi connectivity index (χ0) is 10.3. The van der Waals surface area contributed by atoms with E-state index in [2.05, 4.69) is 0 Å². The quantitative estimate of drug-likeness (QED) is 0.668. The highest BCUT2D eigenvalue weighted by Gasteiger charge is 2.01. The maximum absolute atomic E-state index is 5.51. The van der Waals surface area contributed by atoms with Crippen LogP contribution in [0, 0.1) is 0 Å². The summed E-state index contributed by atoms with van der Waals surface area (Å²) >= 11 is 0. The van der Waals surface area contributed by atoms with Crippen LogP contribution in [0.1, 0.15) is 12.8 Å². The second-order valence-electron chi connectivity index (χ2n) is 3.42. The molecule has 0 saturated heterocycles. The molecule has 0 heterocycles. The third-order valence-electron chi connectivity index (χ3n) is 1.41. The number of methoxy groups -OCH3 is 1. The van der Waals surface area contributed by atoms with Gasteiger partial charge in [0, 0.05) is 12.1 Å². The van der Waals surface area contributed by atoms with Gasteiger partial charge in [0.1, 0.15) is 0 Å². The minimum atomic E-state index is 0.930. The van der Waals surface area contributed by atoms with Crippen LogP contribution in [0.15, 0.2) is 23.6 Å². The monoisotopic (exact) mass is 184 g/mol. The first-order valence-corrected chi connectivity index (χ1v) is 4.36. The summed E-state index contributed by atoms with van der Waals surface area (Å²) in [6, 6.07) is 0. The Hall–Kier alpha value is -0.960. The first-order chi connectivity index (χ1) is 6.06. The SMILES string of the molecule is CN(C)C.COC1=CC=C(N)CC1. The fourth-order valence-corrected chi connectivity index (χ4v) is 0.804. The standard InChI is InChI=1S/C7H11NO.C3H9N/c1-9-7-4-2-6(8)3-5-7;1-4(2)3/h2,4H,3,5,8H2,1H3;1-3H3. The van der Waals surface area contributed by atoms with E-state index in [0.717, 1.165) is 24.3 Å². The predicted molar refractivity (Wildman–Crippen MR) is 56.2 cm³/mol. The van der Waals surface area contributed by atoms with Crippen LogP contribution < -0.4 is 5.73 Å². The summed E-state index contributed by atoms with van der Waals surface area (Å²) in [6.07, 6.45) is 5.68. The van der Waals surface area contributed by atoms with E-state index in [0.29, 0.717) is 0 Å². The highest BCUT2D eigenvalue weighted by molar-refractivity contribution is 5.18. The largest absolute Gasteiger partial charge is 0.501 e. The Bertz CT molecular complexity index is 192. The van der Waals surface area contributed by atoms with Crippen molar-refractivity contribution in [1.82, 2.24) is 4.90 Å². The fraction of sp³-hybridized carbons (Fsp3) is 0.600. The molecule has 0 fully saturated rings. The Morgan fingerprint density at radius 1 is 1.23 bits per heavy atom. The van der Waals surface area contributed by atoms with Gasteiger partial charge >= 0.3 is 0 Å². The topological polar surface area (TPSA) is 38.5 Å². The number of rotatable bonds is 1. The van der Waals surface area contributed by atoms with Crippen LogP contribution in [0.4, 0.5) is 0 Å². The molecule has 2 N–H and O–H groups in total. The molecule has 1 rings (SSSR count). The molecule has 0 bridgehead atoms. The molecule has 76 valence electrons. The second-order valence-corrected chi connectivity index (χ2v) is 3.42. The van der Waals surface area contributed by atoms with E-state index in [1.54, 1.807) is 7.11 Å². The molecule has 0 atom stereocenters. The highest BCUT2D eigenvalue weighted by atomic mass is 16.5. The normalized spacial score (nSPS) is 15.5. The zero-order valence-electron chi connectivity index (χ0n) is 9.00. The van der Waals surface area contributed by atoms with Crippen molar-refractivity contribution in [3.63, 3.8) is 0 Å². The Morgan fingerprint density at radius 3 is 2.08 bits per heavy atom. The van der Waals surface area contributed by atoms with E-state index in [1.807, 2.05) is 38.2 Å². The third kappa shape index (κ3) is 7.40. The number of hydrogen-bond acceptors (Lipinski definition) is 3. The molecule has 0 saturated carbocycles. The lowest BCUT2D eigenvalue weighted by atomic mass is 10.1. The smallest absolute Gasteiger partial charge is 0.0959 e. The van der Waals surface area contributed by atoms with Gasteiger partial charge in [-0.05, 0) is 39.7 Å². The zero-order valence-corrected chi connectivity index (χ0v) is 9.00. The summed E-state index contributed by atoms with van der Waals surface area (Å²) in [5.74, 6) is 1.02. The van der Waals surface area contributed by atoms with Gasteiger partial charge < -0.3 is 15.4 Å². The Balaban J connectivity index is 0.000000310. The van der Waals surface area contributed by atoms with Crippen molar-refractivity contribution in [2.24, 2.45) is 5.73 Å². The number of nitrogens with two attached hydrogens (primary N) is 1. The molecule has 1 aliphatic rings. The number of allylic oxidation sites excluding steroid dienone is 4. The van der Waals surface area contributed by atoms with Crippen LogP contribution in [0.5, 0.6) is 0 Å². The average Bonchev–Trinajstić information content (AvgIpc) is 2.05. The van der Waals surface area contributed by atoms with E-state index in [-0.39, 0.29) is 0 Å². The van der Waals surface area contributed by atoms with E-state index >= 15 is 0 Å². The molecule has 1 aliphatic carbocycles. The van der Waals surface area contributed by atoms with Crippen molar-refractivity contribution in [2.45, 2.75) is 12.8 Å². The van der Waals surface area contributed by atoms with Crippen LogP contribution in [0.2, 0.25) is 0 Å². The maximum Gasteiger partial charge on any atom is 0.0959 e. The minimum absolute atomic E-state index is 0.930. The number of nitrogens with zero attached hydrogens (tertiary/aromatic N) is 1. The molecular formula is C10H20N2O. The Morgan fingerprint density at radius 2 is 1.77 bits per heavy atom. The first kappa shape index (κ1) is 12.0. The summed E-state index contributed by atoms with van der Waals surface area (Å²) in [5.41, 5.74) is 6.45. The molecule has 0 unspecified atom stereocenters. The second kappa shape index (κ2) is 6.54. The van der Waals surface area contributed by atoms with Gasteiger partial charge in [0.2, 0.25) is 0 Å². The van der Waals surface area contributed by atoms with E-state index in [9.17, 15) is 0 Å². The van der Waals surface area contributed by atoms with Gasteiger partial charge in [-0.1, -0.05) is 0 Å². The van der Waals surface area contributed by atoms with Crippen molar-refractivity contribution in [1.29, 1.82) is 0 Å². The number of ether oxygens (including phenoxy) is 1. The molecule has 0 aromatic rings. The van der Waals surface area contributed by atoms with E-state index < -0.39 is 0 Å². The highest BCUT2D eigenvalue weighted by Crippen LogP contribution is 2.14. The summed E-state index contributed by atoms with van der Waals surface area (Å²) in [6.45, 7) is 0. The first-order valence-electron chi connectivity index (χ1n) is 4.36. The molecule has 0 radical (unpaired) electrons. The lowest BCUT2D eigenvalue weighted by molar-refractivity contribution is 0.275. The minimum Gasteiger partial charge on any atom is -0.501 e. The molecule has 0 aliphatic heterocycles. The van der Waals surface area contributed by atoms with Crippen LogP contribution in [0.3, 0.4) is 0 Å². The Kier molecular flexibility index (Phi) is 6.06. The van der Waals surface area contributed by atoms with E-state index in [4.69, 9.17) is 10.5 Å². The lowest BCUT2D eigenvalue weighted by Gasteiger charge is -2.09. The summed E-state index contributed by atoms with van der Waals surface area (Å²) in [4.78, 5) is 2.00. The fourth-order valence-electron chi connectivity index (χ4n) is 0.804. The third-order valence-corrected chi connectivity index (χ3v) is 1.41. The van der Waals surface area contributed by atoms with Gasteiger partial charge in [0.05, 0.1) is 12.9 Å². The Labute approximate surface area is 80.9 Å². The van der Waals surface area contributed by atoms with Crippen LogP contribution in [-0.2, 0) is 4.74 Å². The average molecular weight is 184 g/mol. The van der Waals surface area contributed by atoms with Crippen LogP contribution >= 0.6 is 0 Å². The molecular weight excluding hydrogens is 164 g/mol. The number of hydrogen-bond donors (Lipinski definition) is 1. The van der Waals surface area contributed by atoms with Crippen molar-refractivity contribution in [3.05, 3.63) is 23.6 Å². The van der Waals surface area contributed by atoms with Crippen molar-refractivity contribution >= 4 is 0 Å². The van der Waals surface area contributed by atoms with Crippen LogP contribution in [0.25, 0.3) is 0 Å². The predicted octanol–water partition coefficient (Wildman–Crippen LogP) is 1.33. The van der Waals surface area contributed by atoms with Crippen molar-refractivity contribution in [3.8, 4) is 0 Å². The van der Waals surface area contributed by atoms with Gasteiger partial charge in [0.15, 0.2) is 0 Å². The molecule has 3 nitrogen and oxygen atoms in total. The van der Waals surface area contributed by atoms with E-state index in [1.165, 1.54) is 0 Å². The van der Waals surface area contributed by atoms with Gasteiger partial charge in [-0.15, -0.1) is 0 Å². The molecule has 0 aromatic heterocycles. The maximum atomic E-state index is 5.51. The van der Waals surface area contributed by atoms with Gasteiger partial charge in [-0.2, -0.15) is 0 Å². The summed E-state index contributed by atoms with van der Waals surface area (Å²) in [7, 11) is 7.68. The van der Waals surface area contributed by atoms with Crippen LogP contribution in [-0.4, -0.2) is 33.2 Å². The summed E-state index contributed by atoms with van der Waals surface area (Å²) < 4.78 is 5.00. The van der Waals surface area contributed by atoms with Crippen molar-refractivity contribution in [2.75, 3.05) is 28.3 Å². The van der Waals surface area contributed by atoms with Crippen molar-refractivity contribution < 1.29 is 4.74 Å².